The number of amides is 1. The summed E-state index contributed by atoms with van der Waals surface area (Å²) in [7, 11) is 1.55. The summed E-state index contributed by atoms with van der Waals surface area (Å²) in [5, 5.41) is 22.4. The fourth-order valence-electron chi connectivity index (χ4n) is 1.59. The maximum Gasteiger partial charge on any atom is 0.288 e. The smallest absolute Gasteiger partial charge is 0.288 e. The lowest BCUT2D eigenvalue weighted by molar-refractivity contribution is -0.384. The van der Waals surface area contributed by atoms with Crippen LogP contribution in [-0.2, 0) is 9.53 Å². The quantitative estimate of drug-likeness (QED) is 0.272. The summed E-state index contributed by atoms with van der Waals surface area (Å²) in [6, 6.07) is 5.81. The molecule has 0 saturated carbocycles. The Bertz CT molecular complexity index is 637. The van der Waals surface area contributed by atoms with Crippen LogP contribution in [0.25, 0.3) is 6.08 Å². The van der Waals surface area contributed by atoms with Gasteiger partial charge in [0, 0.05) is 26.3 Å². The van der Waals surface area contributed by atoms with Gasteiger partial charge in [-0.1, -0.05) is 17.7 Å². The van der Waals surface area contributed by atoms with Crippen molar-refractivity contribution in [3.63, 3.8) is 0 Å². The zero-order chi connectivity index (χ0) is 16.5. The number of benzene rings is 1. The number of carbonyl (C=O) groups excluding carboxylic acids is 1. The van der Waals surface area contributed by atoms with Crippen molar-refractivity contribution < 1.29 is 14.5 Å². The van der Waals surface area contributed by atoms with E-state index in [-0.39, 0.29) is 16.3 Å². The average molecular weight is 324 g/mol. The summed E-state index contributed by atoms with van der Waals surface area (Å²) >= 11 is 5.70. The van der Waals surface area contributed by atoms with Gasteiger partial charge in [0.1, 0.15) is 16.7 Å². The largest absolute Gasteiger partial charge is 0.385 e. The minimum Gasteiger partial charge on any atom is -0.385 e. The number of hydrogen-bond donors (Lipinski definition) is 1. The van der Waals surface area contributed by atoms with E-state index < -0.39 is 10.8 Å². The molecule has 0 unspecified atom stereocenters. The topological polar surface area (TPSA) is 105 Å². The maximum atomic E-state index is 11.8. The highest BCUT2D eigenvalue weighted by Crippen LogP contribution is 2.26. The number of nitrogens with zero attached hydrogens (tertiary/aromatic N) is 2. The molecule has 1 rings (SSSR count). The standard InChI is InChI=1S/C14H14ClN3O4/c1-22-6-2-5-17-14(19)11(9-16)7-10-3-4-12(15)13(8-10)18(20)21/h3-4,7-8H,2,5-6H2,1H3,(H,17,19)/b11-7+. The van der Waals surface area contributed by atoms with Gasteiger partial charge in [0.25, 0.3) is 11.6 Å². The molecule has 0 aliphatic heterocycles. The van der Waals surface area contributed by atoms with E-state index in [9.17, 15) is 14.9 Å². The summed E-state index contributed by atoms with van der Waals surface area (Å²) in [5.41, 5.74) is -0.0815. The number of halogens is 1. The molecule has 0 aliphatic carbocycles. The molecule has 0 bridgehead atoms. The Labute approximate surface area is 132 Å². The molecule has 1 amide bonds. The number of carbonyl (C=O) groups is 1. The molecular weight excluding hydrogens is 310 g/mol. The first-order valence-corrected chi connectivity index (χ1v) is 6.70. The van der Waals surface area contributed by atoms with Gasteiger partial charge in [0.15, 0.2) is 0 Å². The highest BCUT2D eigenvalue weighted by atomic mass is 35.5. The number of nitrogens with one attached hydrogen (secondary N) is 1. The molecule has 0 fully saturated rings. The van der Waals surface area contributed by atoms with E-state index in [1.165, 1.54) is 24.3 Å². The second-order valence-corrected chi connectivity index (χ2v) is 4.65. The molecule has 0 atom stereocenters. The molecule has 1 aromatic rings. The summed E-state index contributed by atoms with van der Waals surface area (Å²) in [6.07, 6.45) is 1.89. The van der Waals surface area contributed by atoms with Crippen LogP contribution < -0.4 is 5.32 Å². The molecule has 0 heterocycles. The molecule has 8 heteroatoms. The Morgan fingerprint density at radius 2 is 2.32 bits per heavy atom. The molecule has 7 nitrogen and oxygen atoms in total. The Morgan fingerprint density at radius 1 is 1.59 bits per heavy atom. The fraction of sp³-hybridized carbons (Fsp3) is 0.286. The number of ether oxygens (including phenoxy) is 1. The first-order chi connectivity index (χ1) is 10.5. The normalized spacial score (nSPS) is 10.9. The van der Waals surface area contributed by atoms with Gasteiger partial charge in [0.2, 0.25) is 0 Å². The number of methoxy groups -OCH3 is 1. The lowest BCUT2D eigenvalue weighted by Gasteiger charge is -2.04. The van der Waals surface area contributed by atoms with Crippen molar-refractivity contribution >= 4 is 29.3 Å². The third kappa shape index (κ3) is 5.16. The van der Waals surface area contributed by atoms with Crippen LogP contribution >= 0.6 is 11.6 Å². The third-order valence-electron chi connectivity index (χ3n) is 2.65. The lowest BCUT2D eigenvalue weighted by Crippen LogP contribution is -2.26. The minimum atomic E-state index is -0.628. The molecule has 116 valence electrons. The van der Waals surface area contributed by atoms with Gasteiger partial charge in [-0.15, -0.1) is 0 Å². The first kappa shape index (κ1) is 17.6. The van der Waals surface area contributed by atoms with E-state index >= 15 is 0 Å². The van der Waals surface area contributed by atoms with Gasteiger partial charge in [0.05, 0.1) is 4.92 Å². The third-order valence-corrected chi connectivity index (χ3v) is 2.97. The van der Waals surface area contributed by atoms with Crippen LogP contribution in [0.3, 0.4) is 0 Å². The van der Waals surface area contributed by atoms with E-state index in [0.717, 1.165) is 0 Å². The Balaban J connectivity index is 2.88. The zero-order valence-corrected chi connectivity index (χ0v) is 12.6. The monoisotopic (exact) mass is 323 g/mol. The van der Waals surface area contributed by atoms with Gasteiger partial charge in [-0.3, -0.25) is 14.9 Å². The van der Waals surface area contributed by atoms with Crippen LogP contribution in [0, 0.1) is 21.4 Å². The minimum absolute atomic E-state index is 0.00956. The Kier molecular flexibility index (Phi) is 7.02. The van der Waals surface area contributed by atoms with Crippen LogP contribution in [-0.4, -0.2) is 31.1 Å². The Hall–Kier alpha value is -2.43. The van der Waals surface area contributed by atoms with E-state index in [2.05, 4.69) is 5.32 Å². The molecule has 0 aromatic heterocycles. The second kappa shape index (κ2) is 8.77. The molecule has 1 aromatic carbocycles. The van der Waals surface area contributed by atoms with Gasteiger partial charge >= 0.3 is 0 Å². The van der Waals surface area contributed by atoms with Crippen molar-refractivity contribution in [2.24, 2.45) is 0 Å². The summed E-state index contributed by atoms with van der Waals surface area (Å²) < 4.78 is 4.85. The summed E-state index contributed by atoms with van der Waals surface area (Å²) in [5.74, 6) is -0.545. The summed E-state index contributed by atoms with van der Waals surface area (Å²) in [6.45, 7) is 0.863. The van der Waals surface area contributed by atoms with Gasteiger partial charge in [-0.25, -0.2) is 0 Å². The van der Waals surface area contributed by atoms with Gasteiger partial charge in [-0.2, -0.15) is 5.26 Å². The number of nitro benzene ring substituents is 1. The van der Waals surface area contributed by atoms with Crippen LogP contribution in [0.15, 0.2) is 23.8 Å². The van der Waals surface area contributed by atoms with Crippen LogP contribution in [0.4, 0.5) is 5.69 Å². The average Bonchev–Trinajstić information content (AvgIpc) is 2.50. The molecule has 0 aliphatic rings. The fourth-order valence-corrected chi connectivity index (χ4v) is 1.77. The van der Waals surface area contributed by atoms with Crippen molar-refractivity contribution in [2.75, 3.05) is 20.3 Å². The lowest BCUT2D eigenvalue weighted by atomic mass is 10.1. The SMILES string of the molecule is COCCCNC(=O)/C(C#N)=C/c1ccc(Cl)c([N+](=O)[O-])c1. The zero-order valence-electron chi connectivity index (χ0n) is 11.8. The van der Waals surface area contributed by atoms with Crippen molar-refractivity contribution in [2.45, 2.75) is 6.42 Å². The molecule has 1 N–H and O–H groups in total. The van der Waals surface area contributed by atoms with E-state index in [4.69, 9.17) is 21.6 Å². The second-order valence-electron chi connectivity index (χ2n) is 4.24. The van der Waals surface area contributed by atoms with Crippen LogP contribution in [0.5, 0.6) is 0 Å². The number of hydrogen-bond acceptors (Lipinski definition) is 5. The van der Waals surface area contributed by atoms with E-state index in [1.807, 2.05) is 0 Å². The van der Waals surface area contributed by atoms with Crippen molar-refractivity contribution in [3.8, 4) is 6.07 Å². The van der Waals surface area contributed by atoms with E-state index in [0.29, 0.717) is 25.1 Å². The van der Waals surface area contributed by atoms with Crippen molar-refractivity contribution in [1.82, 2.24) is 5.32 Å². The number of nitriles is 1. The predicted molar refractivity (Wildman–Crippen MR) is 81.2 cm³/mol. The first-order valence-electron chi connectivity index (χ1n) is 6.32. The number of nitro groups is 1. The van der Waals surface area contributed by atoms with Crippen molar-refractivity contribution in [3.05, 3.63) is 44.5 Å². The molecular formula is C14H14ClN3O4. The molecule has 0 saturated heterocycles. The molecule has 0 radical (unpaired) electrons. The van der Waals surface area contributed by atoms with Gasteiger partial charge in [-0.05, 0) is 24.1 Å². The Morgan fingerprint density at radius 3 is 2.91 bits per heavy atom. The maximum absolute atomic E-state index is 11.8. The van der Waals surface area contributed by atoms with E-state index in [1.54, 1.807) is 13.2 Å². The molecule has 22 heavy (non-hydrogen) atoms. The highest BCUT2D eigenvalue weighted by Gasteiger charge is 2.14. The molecule has 0 spiro atoms. The van der Waals surface area contributed by atoms with Crippen LogP contribution in [0.1, 0.15) is 12.0 Å². The van der Waals surface area contributed by atoms with Crippen LogP contribution in [0.2, 0.25) is 5.02 Å². The van der Waals surface area contributed by atoms with Gasteiger partial charge < -0.3 is 10.1 Å². The van der Waals surface area contributed by atoms with Crippen molar-refractivity contribution in [1.29, 1.82) is 5.26 Å². The highest BCUT2D eigenvalue weighted by molar-refractivity contribution is 6.32. The number of rotatable bonds is 7. The summed E-state index contributed by atoms with van der Waals surface area (Å²) in [4.78, 5) is 22.0. The predicted octanol–water partition coefficient (Wildman–Crippen LogP) is 2.31.